The Labute approximate surface area is 176 Å². The van der Waals surface area contributed by atoms with Crippen LogP contribution in [0.2, 0.25) is 0 Å². The van der Waals surface area contributed by atoms with E-state index in [1.165, 1.54) is 0 Å². The van der Waals surface area contributed by atoms with Gasteiger partial charge in [-0.2, -0.15) is 0 Å². The van der Waals surface area contributed by atoms with Crippen molar-refractivity contribution in [1.82, 2.24) is 0 Å². The highest BCUT2D eigenvalue weighted by Crippen LogP contribution is 2.11. The zero-order chi connectivity index (χ0) is 25.3. The first-order valence-corrected chi connectivity index (χ1v) is 8.53. The van der Waals surface area contributed by atoms with Crippen LogP contribution >= 0.6 is 0 Å². The molecule has 5 unspecified atom stereocenters. The SMILES string of the molecule is CC(O)C(=O)OC(=O)C(C)(O)C(=O)C(C)O.CC(O)C(=O)OC(=O)C(C)(O)C(=O)CO. The molecule has 0 radical (unpaired) electrons. The zero-order valence-corrected chi connectivity index (χ0v) is 17.4. The van der Waals surface area contributed by atoms with Gasteiger partial charge in [-0.25, -0.2) is 19.2 Å². The lowest BCUT2D eigenvalue weighted by Crippen LogP contribution is -2.50. The van der Waals surface area contributed by atoms with Crippen molar-refractivity contribution in [3.8, 4) is 0 Å². The summed E-state index contributed by atoms with van der Waals surface area (Å²) >= 11 is 0. The molecule has 0 aliphatic heterocycles. The fraction of sp³-hybridized carbons (Fsp3) is 0.647. The molecule has 0 saturated heterocycles. The molecule has 5 atom stereocenters. The van der Waals surface area contributed by atoms with Crippen LogP contribution in [0.1, 0.15) is 34.6 Å². The normalized spacial score (nSPS) is 17.3. The minimum Gasteiger partial charge on any atom is -0.389 e. The third-order valence-electron chi connectivity index (χ3n) is 3.41. The van der Waals surface area contributed by atoms with Crippen LogP contribution in [0.25, 0.3) is 0 Å². The van der Waals surface area contributed by atoms with Gasteiger partial charge in [-0.05, 0) is 34.6 Å². The first-order valence-electron chi connectivity index (χ1n) is 8.53. The lowest BCUT2D eigenvalue weighted by Gasteiger charge is -2.20. The van der Waals surface area contributed by atoms with Gasteiger partial charge in [-0.3, -0.25) is 9.59 Å². The number of hydrogen-bond donors (Lipinski definition) is 6. The van der Waals surface area contributed by atoms with Crippen LogP contribution in [0, 0.1) is 0 Å². The number of aliphatic hydroxyl groups is 6. The summed E-state index contributed by atoms with van der Waals surface area (Å²) in [4.78, 5) is 65.8. The van der Waals surface area contributed by atoms with Crippen LogP contribution in [0.5, 0.6) is 0 Å². The van der Waals surface area contributed by atoms with E-state index in [9.17, 15) is 39.0 Å². The molecule has 0 bridgehead atoms. The van der Waals surface area contributed by atoms with Gasteiger partial charge in [-0.1, -0.05) is 0 Å². The standard InChI is InChI=1S/C9H14O7.C8H12O7/c1-4(10)6(12)9(3,15)8(14)16-7(13)5(2)11;1-4(10)6(12)15-7(13)8(2,14)5(11)3-9/h4-5,10-11,15H,1-3H3;4,9-10,14H,3H2,1-2H3. The highest BCUT2D eigenvalue weighted by atomic mass is 16.6. The van der Waals surface area contributed by atoms with E-state index >= 15 is 0 Å². The molecule has 31 heavy (non-hydrogen) atoms. The lowest BCUT2D eigenvalue weighted by molar-refractivity contribution is -0.181. The molecule has 6 N–H and O–H groups in total. The summed E-state index contributed by atoms with van der Waals surface area (Å²) in [6.07, 6.45) is -4.68. The Morgan fingerprint density at radius 3 is 1.29 bits per heavy atom. The predicted molar refractivity (Wildman–Crippen MR) is 95.6 cm³/mol. The van der Waals surface area contributed by atoms with Crippen molar-refractivity contribution in [1.29, 1.82) is 0 Å². The topological polar surface area (TPSA) is 242 Å². The molecule has 0 amide bonds. The molecule has 14 nitrogen and oxygen atoms in total. The Bertz CT molecular complexity index is 702. The van der Waals surface area contributed by atoms with Gasteiger partial charge in [-0.15, -0.1) is 0 Å². The Hall–Kier alpha value is -2.62. The molecule has 14 heteroatoms. The zero-order valence-electron chi connectivity index (χ0n) is 17.4. The summed E-state index contributed by atoms with van der Waals surface area (Å²) in [5.74, 6) is -8.05. The van der Waals surface area contributed by atoms with E-state index in [0.717, 1.165) is 34.6 Å². The quantitative estimate of drug-likeness (QED) is 0.151. The molecule has 0 aliphatic rings. The second kappa shape index (κ2) is 12.3. The van der Waals surface area contributed by atoms with Gasteiger partial charge < -0.3 is 40.1 Å². The molecular formula is C17H26O14. The molecule has 0 spiro atoms. The molecular weight excluding hydrogens is 428 g/mol. The Kier molecular flexibility index (Phi) is 12.1. The number of carbonyl (C=O) groups excluding carboxylic acids is 6. The van der Waals surface area contributed by atoms with E-state index in [4.69, 9.17) is 20.4 Å². The van der Waals surface area contributed by atoms with Gasteiger partial charge in [0.15, 0.2) is 0 Å². The van der Waals surface area contributed by atoms with E-state index in [1.807, 2.05) is 0 Å². The largest absolute Gasteiger partial charge is 0.389 e. The number of hydrogen-bond acceptors (Lipinski definition) is 14. The lowest BCUT2D eigenvalue weighted by atomic mass is 9.98. The summed E-state index contributed by atoms with van der Waals surface area (Å²) in [6.45, 7) is 3.67. The van der Waals surface area contributed by atoms with Crippen molar-refractivity contribution < 1.29 is 68.9 Å². The van der Waals surface area contributed by atoms with Crippen molar-refractivity contribution in [3.63, 3.8) is 0 Å². The fourth-order valence-corrected chi connectivity index (χ4v) is 1.33. The predicted octanol–water partition coefficient (Wildman–Crippen LogP) is -4.11. The molecule has 178 valence electrons. The number of aliphatic hydroxyl groups excluding tert-OH is 4. The van der Waals surface area contributed by atoms with Crippen molar-refractivity contribution in [2.24, 2.45) is 0 Å². The van der Waals surface area contributed by atoms with E-state index in [2.05, 4.69) is 9.47 Å². The number of ketones is 2. The van der Waals surface area contributed by atoms with E-state index in [-0.39, 0.29) is 0 Å². The Balaban J connectivity index is 0. The van der Waals surface area contributed by atoms with Crippen LogP contribution in [-0.4, -0.2) is 102 Å². The number of Topliss-reactive ketones (excluding diaryl/α,β-unsaturated/α-hetero) is 2. The first-order chi connectivity index (χ1) is 13.8. The van der Waals surface area contributed by atoms with Crippen LogP contribution in [-0.2, 0) is 38.2 Å². The highest BCUT2D eigenvalue weighted by Gasteiger charge is 2.44. The van der Waals surface area contributed by atoms with Gasteiger partial charge >= 0.3 is 23.9 Å². The van der Waals surface area contributed by atoms with Crippen molar-refractivity contribution in [3.05, 3.63) is 0 Å². The smallest absolute Gasteiger partial charge is 0.353 e. The monoisotopic (exact) mass is 454 g/mol. The average molecular weight is 454 g/mol. The second-order valence-corrected chi connectivity index (χ2v) is 6.53. The van der Waals surface area contributed by atoms with Crippen molar-refractivity contribution >= 4 is 35.4 Å². The molecule has 0 aromatic heterocycles. The Morgan fingerprint density at radius 2 is 1.03 bits per heavy atom. The molecule has 0 aliphatic carbocycles. The maximum Gasteiger partial charge on any atom is 0.353 e. The summed E-state index contributed by atoms with van der Waals surface area (Å²) in [5.41, 5.74) is -5.22. The maximum absolute atomic E-state index is 11.2. The van der Waals surface area contributed by atoms with Gasteiger partial charge in [0.05, 0.1) is 0 Å². The Morgan fingerprint density at radius 1 is 0.710 bits per heavy atom. The van der Waals surface area contributed by atoms with Gasteiger partial charge in [0.2, 0.25) is 22.8 Å². The fourth-order valence-electron chi connectivity index (χ4n) is 1.33. The molecule has 0 rings (SSSR count). The van der Waals surface area contributed by atoms with Crippen LogP contribution in [0.4, 0.5) is 0 Å². The molecule has 0 saturated carbocycles. The molecule has 0 heterocycles. The summed E-state index contributed by atoms with van der Waals surface area (Å²) in [5, 5.41) is 53.4. The van der Waals surface area contributed by atoms with Gasteiger partial charge in [0.1, 0.15) is 24.9 Å². The van der Waals surface area contributed by atoms with E-state index < -0.39 is 71.6 Å². The van der Waals surface area contributed by atoms with Crippen molar-refractivity contribution in [2.45, 2.75) is 64.1 Å². The van der Waals surface area contributed by atoms with Gasteiger partial charge in [0.25, 0.3) is 0 Å². The van der Waals surface area contributed by atoms with E-state index in [0.29, 0.717) is 0 Å². The third-order valence-corrected chi connectivity index (χ3v) is 3.41. The van der Waals surface area contributed by atoms with Crippen LogP contribution < -0.4 is 0 Å². The summed E-state index contributed by atoms with van der Waals surface area (Å²) in [7, 11) is 0. The minimum absolute atomic E-state index is 0.781. The van der Waals surface area contributed by atoms with Crippen LogP contribution in [0.15, 0.2) is 0 Å². The molecule has 0 aromatic rings. The van der Waals surface area contributed by atoms with E-state index in [1.54, 1.807) is 0 Å². The highest BCUT2D eigenvalue weighted by molar-refractivity contribution is 6.10. The number of rotatable bonds is 8. The molecule has 0 fully saturated rings. The average Bonchev–Trinajstić information content (AvgIpc) is 2.66. The second-order valence-electron chi connectivity index (χ2n) is 6.53. The van der Waals surface area contributed by atoms with Crippen LogP contribution in [0.3, 0.4) is 0 Å². The third kappa shape index (κ3) is 9.37. The van der Waals surface area contributed by atoms with Crippen molar-refractivity contribution in [2.75, 3.05) is 6.61 Å². The number of ether oxygens (including phenoxy) is 2. The maximum atomic E-state index is 11.2. The minimum atomic E-state index is -2.63. The summed E-state index contributed by atoms with van der Waals surface area (Å²) in [6, 6.07) is 0. The molecule has 0 aromatic carbocycles. The summed E-state index contributed by atoms with van der Waals surface area (Å²) < 4.78 is 8.03. The number of esters is 4. The van der Waals surface area contributed by atoms with Gasteiger partial charge in [0, 0.05) is 0 Å². The first kappa shape index (κ1) is 30.6. The number of carbonyl (C=O) groups is 6.